The number of rotatable bonds is 1. The molecule has 1 aliphatic carbocycles. The van der Waals surface area contributed by atoms with Gasteiger partial charge in [-0.2, -0.15) is 0 Å². The van der Waals surface area contributed by atoms with Crippen molar-refractivity contribution in [1.29, 1.82) is 0 Å². The molecule has 2 fully saturated rings. The van der Waals surface area contributed by atoms with Crippen molar-refractivity contribution in [3.05, 3.63) is 0 Å². The molecule has 0 aromatic carbocycles. The van der Waals surface area contributed by atoms with E-state index in [1.807, 2.05) is 0 Å². The molecule has 1 saturated heterocycles. The number of piperazine rings is 1. The summed E-state index contributed by atoms with van der Waals surface area (Å²) in [5.41, 5.74) is 0. The molecule has 0 spiro atoms. The maximum atomic E-state index is 10.9. The molecule has 0 bridgehead atoms. The van der Waals surface area contributed by atoms with E-state index in [0.29, 0.717) is 0 Å². The Morgan fingerprint density at radius 2 is 1.60 bits per heavy atom. The Labute approximate surface area is 102 Å². The zero-order chi connectivity index (χ0) is 9.97. The molecule has 0 aromatic rings. The second kappa shape index (κ2) is 5.92. The van der Waals surface area contributed by atoms with E-state index in [2.05, 4.69) is 4.90 Å². The zero-order valence-electron chi connectivity index (χ0n) is 8.82. The lowest BCUT2D eigenvalue weighted by Gasteiger charge is -2.37. The minimum absolute atomic E-state index is 0. The molecule has 3 nitrogen and oxygen atoms in total. The van der Waals surface area contributed by atoms with Crippen molar-refractivity contribution in [1.82, 2.24) is 9.80 Å². The molecule has 1 amide bonds. The molecule has 5 heteroatoms. The van der Waals surface area contributed by atoms with Gasteiger partial charge in [0.1, 0.15) is 0 Å². The Morgan fingerprint density at radius 3 is 2.07 bits per heavy atom. The fourth-order valence-corrected chi connectivity index (χ4v) is 2.70. The van der Waals surface area contributed by atoms with Gasteiger partial charge in [0.25, 0.3) is 0 Å². The first kappa shape index (κ1) is 13.1. The highest BCUT2D eigenvalue weighted by Crippen LogP contribution is 2.24. The van der Waals surface area contributed by atoms with Crippen molar-refractivity contribution in [3.8, 4) is 0 Å². The Hall–Kier alpha value is 0.01000. The van der Waals surface area contributed by atoms with Crippen LogP contribution >= 0.6 is 24.0 Å². The Bertz CT molecular complexity index is 211. The molecular weight excluding hydrogens is 235 g/mol. The zero-order valence-corrected chi connectivity index (χ0v) is 10.4. The summed E-state index contributed by atoms with van der Waals surface area (Å²) in [5, 5.41) is -0.295. The SMILES string of the molecule is Cl.O=C(Cl)N1CCN(C2CCCC2)CC1. The van der Waals surface area contributed by atoms with E-state index in [9.17, 15) is 4.79 Å². The van der Waals surface area contributed by atoms with E-state index in [1.54, 1.807) is 4.90 Å². The summed E-state index contributed by atoms with van der Waals surface area (Å²) in [4.78, 5) is 15.1. The summed E-state index contributed by atoms with van der Waals surface area (Å²) in [6.07, 6.45) is 5.43. The molecule has 2 rings (SSSR count). The first-order valence-corrected chi connectivity index (χ1v) is 5.83. The fraction of sp³-hybridized carbons (Fsp3) is 0.900. The summed E-state index contributed by atoms with van der Waals surface area (Å²) >= 11 is 5.43. The normalized spacial score (nSPS) is 23.9. The van der Waals surface area contributed by atoms with Crippen LogP contribution in [-0.4, -0.2) is 47.4 Å². The van der Waals surface area contributed by atoms with Gasteiger partial charge in [0.05, 0.1) is 0 Å². The molecule has 88 valence electrons. The van der Waals surface area contributed by atoms with Crippen molar-refractivity contribution >= 4 is 29.4 Å². The molecule has 2 aliphatic rings. The first-order chi connectivity index (χ1) is 6.77. The second-order valence-corrected chi connectivity index (χ2v) is 4.54. The van der Waals surface area contributed by atoms with Gasteiger partial charge in [-0.15, -0.1) is 12.4 Å². The third kappa shape index (κ3) is 3.23. The highest BCUT2D eigenvalue weighted by molar-refractivity contribution is 6.62. The fourth-order valence-electron chi connectivity index (χ4n) is 2.53. The highest BCUT2D eigenvalue weighted by atomic mass is 35.5. The molecule has 1 heterocycles. The standard InChI is InChI=1S/C10H17ClN2O.ClH/c11-10(14)13-7-5-12(6-8-13)9-3-1-2-4-9;/h9H,1-8H2;1H. The van der Waals surface area contributed by atoms with Gasteiger partial charge in [-0.3, -0.25) is 9.69 Å². The van der Waals surface area contributed by atoms with Gasteiger partial charge in [-0.1, -0.05) is 12.8 Å². The third-order valence-corrected chi connectivity index (χ3v) is 3.64. The molecule has 0 atom stereocenters. The average Bonchev–Trinajstić information content (AvgIpc) is 2.71. The first-order valence-electron chi connectivity index (χ1n) is 5.46. The Balaban J connectivity index is 0.00000112. The van der Waals surface area contributed by atoms with Crippen LogP contribution in [0.4, 0.5) is 4.79 Å². The van der Waals surface area contributed by atoms with Crippen LogP contribution in [-0.2, 0) is 0 Å². The van der Waals surface area contributed by atoms with E-state index in [4.69, 9.17) is 11.6 Å². The van der Waals surface area contributed by atoms with E-state index in [1.165, 1.54) is 25.7 Å². The molecular formula is C10H18Cl2N2O. The van der Waals surface area contributed by atoms with Crippen LogP contribution in [0, 0.1) is 0 Å². The number of halogens is 2. The number of hydrogen-bond acceptors (Lipinski definition) is 2. The van der Waals surface area contributed by atoms with E-state index >= 15 is 0 Å². The second-order valence-electron chi connectivity index (χ2n) is 4.21. The Morgan fingerprint density at radius 1 is 1.07 bits per heavy atom. The quantitative estimate of drug-likeness (QED) is 0.529. The van der Waals surface area contributed by atoms with Gasteiger partial charge in [0.2, 0.25) is 0 Å². The van der Waals surface area contributed by atoms with Crippen molar-refractivity contribution in [3.63, 3.8) is 0 Å². The number of carbonyl (C=O) groups excluding carboxylic acids is 1. The smallest absolute Gasteiger partial charge is 0.316 e. The summed E-state index contributed by atoms with van der Waals surface area (Å²) in [6, 6.07) is 0.780. The minimum atomic E-state index is -0.295. The van der Waals surface area contributed by atoms with Crippen molar-refractivity contribution < 1.29 is 4.79 Å². The monoisotopic (exact) mass is 252 g/mol. The van der Waals surface area contributed by atoms with Crippen molar-refractivity contribution in [2.45, 2.75) is 31.7 Å². The van der Waals surface area contributed by atoms with Crippen LogP contribution in [0.2, 0.25) is 0 Å². The molecule has 1 saturated carbocycles. The maximum Gasteiger partial charge on any atom is 0.316 e. The van der Waals surface area contributed by atoms with E-state index in [-0.39, 0.29) is 17.8 Å². The van der Waals surface area contributed by atoms with Crippen molar-refractivity contribution in [2.24, 2.45) is 0 Å². The van der Waals surface area contributed by atoms with Gasteiger partial charge in [-0.05, 0) is 24.4 Å². The number of amides is 1. The van der Waals surface area contributed by atoms with Crippen LogP contribution in [0.15, 0.2) is 0 Å². The Kier molecular flexibility index (Phi) is 5.16. The largest absolute Gasteiger partial charge is 0.327 e. The molecule has 0 N–H and O–H groups in total. The third-order valence-electron chi connectivity index (χ3n) is 3.40. The molecule has 0 aromatic heterocycles. The molecule has 0 unspecified atom stereocenters. The van der Waals surface area contributed by atoms with E-state index in [0.717, 1.165) is 32.2 Å². The molecule has 1 aliphatic heterocycles. The topological polar surface area (TPSA) is 23.6 Å². The number of carbonyl (C=O) groups is 1. The molecule has 15 heavy (non-hydrogen) atoms. The van der Waals surface area contributed by atoms with Crippen LogP contribution in [0.25, 0.3) is 0 Å². The minimum Gasteiger partial charge on any atom is -0.327 e. The maximum absolute atomic E-state index is 10.9. The van der Waals surface area contributed by atoms with Gasteiger partial charge in [0.15, 0.2) is 0 Å². The predicted molar refractivity (Wildman–Crippen MR) is 63.9 cm³/mol. The van der Waals surface area contributed by atoms with Gasteiger partial charge in [0, 0.05) is 32.2 Å². The lowest BCUT2D eigenvalue weighted by atomic mass is 10.2. The lowest BCUT2D eigenvalue weighted by molar-refractivity contribution is 0.118. The number of hydrogen-bond donors (Lipinski definition) is 0. The van der Waals surface area contributed by atoms with Crippen LogP contribution in [0.3, 0.4) is 0 Å². The van der Waals surface area contributed by atoms with Crippen LogP contribution in [0.1, 0.15) is 25.7 Å². The van der Waals surface area contributed by atoms with Crippen LogP contribution < -0.4 is 0 Å². The number of nitrogens with zero attached hydrogens (tertiary/aromatic N) is 2. The highest BCUT2D eigenvalue weighted by Gasteiger charge is 2.26. The van der Waals surface area contributed by atoms with Crippen molar-refractivity contribution in [2.75, 3.05) is 26.2 Å². The van der Waals surface area contributed by atoms with Crippen LogP contribution in [0.5, 0.6) is 0 Å². The van der Waals surface area contributed by atoms with Gasteiger partial charge >= 0.3 is 5.37 Å². The molecule has 0 radical (unpaired) electrons. The predicted octanol–water partition coefficient (Wildman–Crippen LogP) is 2.33. The lowest BCUT2D eigenvalue weighted by Crippen LogP contribution is -2.50. The summed E-state index contributed by atoms with van der Waals surface area (Å²) in [6.45, 7) is 3.62. The summed E-state index contributed by atoms with van der Waals surface area (Å²) < 4.78 is 0. The van der Waals surface area contributed by atoms with Gasteiger partial charge in [-0.25, -0.2) is 0 Å². The average molecular weight is 253 g/mol. The summed E-state index contributed by atoms with van der Waals surface area (Å²) in [7, 11) is 0. The van der Waals surface area contributed by atoms with Gasteiger partial charge < -0.3 is 4.90 Å². The van der Waals surface area contributed by atoms with E-state index < -0.39 is 0 Å². The summed E-state index contributed by atoms with van der Waals surface area (Å²) in [5.74, 6) is 0.